The number of methoxy groups -OCH3 is 1. The largest absolute Gasteiger partial charge is 0.465 e. The lowest BCUT2D eigenvalue weighted by Gasteiger charge is -2.25. The first-order valence-corrected chi connectivity index (χ1v) is 5.40. The van der Waals surface area contributed by atoms with Crippen LogP contribution in [0.1, 0.15) is 10.4 Å². The Morgan fingerprint density at radius 1 is 1.29 bits per heavy atom. The molecule has 2 rings (SSSR count). The van der Waals surface area contributed by atoms with Crippen LogP contribution in [0.2, 0.25) is 0 Å². The van der Waals surface area contributed by atoms with E-state index in [1.165, 1.54) is 7.11 Å². The quantitative estimate of drug-likeness (QED) is 0.753. The second-order valence-electron chi connectivity index (χ2n) is 3.91. The Hall–Kier alpha value is -1.88. The molecule has 0 atom stereocenters. The van der Waals surface area contributed by atoms with E-state index in [1.54, 1.807) is 24.3 Å². The van der Waals surface area contributed by atoms with Gasteiger partial charge in [-0.1, -0.05) is 0 Å². The van der Waals surface area contributed by atoms with Gasteiger partial charge in [-0.05, 0) is 24.3 Å². The van der Waals surface area contributed by atoms with Crippen molar-refractivity contribution in [3.8, 4) is 0 Å². The van der Waals surface area contributed by atoms with Gasteiger partial charge in [0.1, 0.15) is 0 Å². The van der Waals surface area contributed by atoms with Gasteiger partial charge in [0.05, 0.1) is 18.6 Å². The Balaban J connectivity index is 1.97. The minimum Gasteiger partial charge on any atom is -0.465 e. The van der Waals surface area contributed by atoms with Crippen molar-refractivity contribution in [2.75, 3.05) is 25.5 Å². The SMILES string of the molecule is COC(=O)c1ccc(NC(=O)C2CNC2)cc1. The van der Waals surface area contributed by atoms with E-state index in [9.17, 15) is 9.59 Å². The van der Waals surface area contributed by atoms with Gasteiger partial charge >= 0.3 is 5.97 Å². The maximum atomic E-state index is 11.6. The van der Waals surface area contributed by atoms with Crippen molar-refractivity contribution in [2.24, 2.45) is 5.92 Å². The Labute approximate surface area is 99.2 Å². The number of carbonyl (C=O) groups excluding carboxylic acids is 2. The van der Waals surface area contributed by atoms with Gasteiger partial charge in [0.15, 0.2) is 0 Å². The fraction of sp³-hybridized carbons (Fsp3) is 0.333. The minimum absolute atomic E-state index is 0.00886. The van der Waals surface area contributed by atoms with Gasteiger partial charge in [-0.2, -0.15) is 0 Å². The van der Waals surface area contributed by atoms with Crippen molar-refractivity contribution < 1.29 is 14.3 Å². The smallest absolute Gasteiger partial charge is 0.337 e. The molecule has 0 aliphatic carbocycles. The molecular formula is C12H14N2O3. The van der Waals surface area contributed by atoms with Gasteiger partial charge in [-0.25, -0.2) is 4.79 Å². The number of carbonyl (C=O) groups is 2. The average Bonchev–Trinajstić information content (AvgIpc) is 2.26. The topological polar surface area (TPSA) is 67.4 Å². The molecule has 0 aromatic heterocycles. The Morgan fingerprint density at radius 3 is 2.41 bits per heavy atom. The number of ether oxygens (including phenoxy) is 1. The summed E-state index contributed by atoms with van der Waals surface area (Å²) in [5, 5.41) is 5.83. The van der Waals surface area contributed by atoms with E-state index in [4.69, 9.17) is 0 Å². The summed E-state index contributed by atoms with van der Waals surface area (Å²) in [6.07, 6.45) is 0. The molecule has 90 valence electrons. The third-order valence-corrected chi connectivity index (χ3v) is 2.73. The van der Waals surface area contributed by atoms with E-state index >= 15 is 0 Å². The van der Waals surface area contributed by atoms with Crippen LogP contribution in [0.5, 0.6) is 0 Å². The molecule has 1 aliphatic heterocycles. The number of nitrogens with one attached hydrogen (secondary N) is 2. The van der Waals surface area contributed by atoms with Crippen molar-refractivity contribution in [1.29, 1.82) is 0 Å². The van der Waals surface area contributed by atoms with Crippen LogP contribution in [0.4, 0.5) is 5.69 Å². The normalized spacial score (nSPS) is 14.9. The van der Waals surface area contributed by atoms with Gasteiger partial charge in [-0.15, -0.1) is 0 Å². The molecule has 1 aromatic rings. The summed E-state index contributed by atoms with van der Waals surface area (Å²) in [5.41, 5.74) is 1.16. The van der Waals surface area contributed by atoms with E-state index in [-0.39, 0.29) is 17.8 Å². The van der Waals surface area contributed by atoms with E-state index < -0.39 is 0 Å². The molecule has 0 unspecified atom stereocenters. The number of esters is 1. The van der Waals surface area contributed by atoms with Crippen molar-refractivity contribution in [3.63, 3.8) is 0 Å². The van der Waals surface area contributed by atoms with Crippen LogP contribution in [0.15, 0.2) is 24.3 Å². The highest BCUT2D eigenvalue weighted by molar-refractivity contribution is 5.94. The first-order valence-electron chi connectivity index (χ1n) is 5.40. The van der Waals surface area contributed by atoms with Gasteiger partial charge in [0.2, 0.25) is 5.91 Å². The molecule has 1 aliphatic rings. The van der Waals surface area contributed by atoms with E-state index in [0.29, 0.717) is 11.3 Å². The second kappa shape index (κ2) is 4.97. The number of amides is 1. The van der Waals surface area contributed by atoms with Crippen molar-refractivity contribution in [3.05, 3.63) is 29.8 Å². The maximum Gasteiger partial charge on any atom is 0.337 e. The summed E-state index contributed by atoms with van der Waals surface area (Å²) in [5.74, 6) is -0.323. The molecule has 5 nitrogen and oxygen atoms in total. The Bertz CT molecular complexity index is 424. The van der Waals surface area contributed by atoms with Crippen LogP contribution in [-0.4, -0.2) is 32.1 Å². The molecule has 1 heterocycles. The molecular weight excluding hydrogens is 220 g/mol. The highest BCUT2D eigenvalue weighted by Gasteiger charge is 2.24. The van der Waals surface area contributed by atoms with Crippen LogP contribution in [0.3, 0.4) is 0 Å². The van der Waals surface area contributed by atoms with Gasteiger partial charge in [0, 0.05) is 18.8 Å². The molecule has 1 fully saturated rings. The summed E-state index contributed by atoms with van der Waals surface area (Å²) in [7, 11) is 1.33. The predicted molar refractivity (Wildman–Crippen MR) is 62.8 cm³/mol. The minimum atomic E-state index is -0.383. The van der Waals surface area contributed by atoms with E-state index in [2.05, 4.69) is 15.4 Å². The zero-order valence-corrected chi connectivity index (χ0v) is 9.53. The molecule has 1 amide bonds. The van der Waals surface area contributed by atoms with E-state index in [0.717, 1.165) is 13.1 Å². The summed E-state index contributed by atoms with van der Waals surface area (Å²) in [6, 6.07) is 6.63. The standard InChI is InChI=1S/C12H14N2O3/c1-17-12(16)8-2-4-10(5-3-8)14-11(15)9-6-13-7-9/h2-5,9,13H,6-7H2,1H3,(H,14,15). The number of hydrogen-bond acceptors (Lipinski definition) is 4. The fourth-order valence-corrected chi connectivity index (χ4v) is 1.53. The summed E-state index contributed by atoms with van der Waals surface area (Å²) < 4.78 is 4.59. The van der Waals surface area contributed by atoms with Crippen LogP contribution >= 0.6 is 0 Å². The molecule has 17 heavy (non-hydrogen) atoms. The Morgan fingerprint density at radius 2 is 1.94 bits per heavy atom. The van der Waals surface area contributed by atoms with Crippen LogP contribution in [-0.2, 0) is 9.53 Å². The van der Waals surface area contributed by atoms with Gasteiger partial charge in [-0.3, -0.25) is 4.79 Å². The summed E-state index contributed by atoms with van der Waals surface area (Å²) >= 11 is 0. The summed E-state index contributed by atoms with van der Waals surface area (Å²) in [4.78, 5) is 22.8. The first-order chi connectivity index (χ1) is 8.20. The summed E-state index contributed by atoms with van der Waals surface area (Å²) in [6.45, 7) is 1.46. The Kier molecular flexibility index (Phi) is 3.39. The van der Waals surface area contributed by atoms with Crippen LogP contribution in [0.25, 0.3) is 0 Å². The zero-order valence-electron chi connectivity index (χ0n) is 9.53. The molecule has 0 bridgehead atoms. The predicted octanol–water partition coefficient (Wildman–Crippen LogP) is 0.631. The van der Waals surface area contributed by atoms with Crippen molar-refractivity contribution >= 4 is 17.6 Å². The highest BCUT2D eigenvalue weighted by atomic mass is 16.5. The fourth-order valence-electron chi connectivity index (χ4n) is 1.53. The number of rotatable bonds is 3. The first kappa shape index (κ1) is 11.6. The van der Waals surface area contributed by atoms with Crippen LogP contribution < -0.4 is 10.6 Å². The molecule has 0 radical (unpaired) electrons. The van der Waals surface area contributed by atoms with E-state index in [1.807, 2.05) is 0 Å². The van der Waals surface area contributed by atoms with Gasteiger partial charge in [0.25, 0.3) is 0 Å². The molecule has 1 saturated heterocycles. The number of benzene rings is 1. The molecule has 0 saturated carbocycles. The third-order valence-electron chi connectivity index (χ3n) is 2.73. The molecule has 5 heteroatoms. The average molecular weight is 234 g/mol. The monoisotopic (exact) mass is 234 g/mol. The van der Waals surface area contributed by atoms with Crippen molar-refractivity contribution in [2.45, 2.75) is 0 Å². The molecule has 0 spiro atoms. The van der Waals surface area contributed by atoms with Crippen LogP contribution in [0, 0.1) is 5.92 Å². The second-order valence-corrected chi connectivity index (χ2v) is 3.91. The third kappa shape index (κ3) is 2.62. The maximum absolute atomic E-state index is 11.6. The lowest BCUT2D eigenvalue weighted by molar-refractivity contribution is -0.121. The molecule has 2 N–H and O–H groups in total. The lowest BCUT2D eigenvalue weighted by atomic mass is 10.0. The van der Waals surface area contributed by atoms with Crippen molar-refractivity contribution in [1.82, 2.24) is 5.32 Å². The van der Waals surface area contributed by atoms with Gasteiger partial charge < -0.3 is 15.4 Å². The highest BCUT2D eigenvalue weighted by Crippen LogP contribution is 2.13. The lowest BCUT2D eigenvalue weighted by Crippen LogP contribution is -2.48. The zero-order chi connectivity index (χ0) is 12.3. The number of hydrogen-bond donors (Lipinski definition) is 2. The molecule has 1 aromatic carbocycles. The number of anilines is 1.